The van der Waals surface area contributed by atoms with E-state index in [9.17, 15) is 14.4 Å². The second-order valence-electron chi connectivity index (χ2n) is 9.41. The molecule has 0 radical (unpaired) electrons. The zero-order chi connectivity index (χ0) is 30.6. The quantitative estimate of drug-likeness (QED) is 0.215. The molecule has 0 saturated heterocycles. The second kappa shape index (κ2) is 14.2. The Bertz CT molecular complexity index is 1730. The maximum absolute atomic E-state index is 14.1. The summed E-state index contributed by atoms with van der Waals surface area (Å²) in [6.07, 6.45) is 1.60. The number of halogens is 2. The van der Waals surface area contributed by atoms with Gasteiger partial charge < -0.3 is 18.9 Å². The van der Waals surface area contributed by atoms with Crippen LogP contribution in [0.1, 0.15) is 51.8 Å². The molecule has 9 nitrogen and oxygen atoms in total. The Balaban J connectivity index is 1.93. The van der Waals surface area contributed by atoms with Gasteiger partial charge in [0.25, 0.3) is 5.56 Å². The summed E-state index contributed by atoms with van der Waals surface area (Å²) < 4.78 is 26.0. The van der Waals surface area contributed by atoms with Crippen LogP contribution in [0, 0.1) is 7.14 Å². The van der Waals surface area contributed by atoms with Crippen molar-refractivity contribution >= 4 is 74.5 Å². The molecule has 0 N–H and O–H groups in total. The molecule has 2 aromatic carbocycles. The highest BCUT2D eigenvalue weighted by Crippen LogP contribution is 2.36. The number of nitrogens with zero attached hydrogens (tertiary/aromatic N) is 2. The highest BCUT2D eigenvalue weighted by Gasteiger charge is 2.35. The highest BCUT2D eigenvalue weighted by molar-refractivity contribution is 14.1. The van der Waals surface area contributed by atoms with Gasteiger partial charge in [0.2, 0.25) is 0 Å². The summed E-state index contributed by atoms with van der Waals surface area (Å²) in [4.78, 5) is 44.5. The summed E-state index contributed by atoms with van der Waals surface area (Å²) in [6.45, 7) is 9.20. The predicted molar refractivity (Wildman–Crippen MR) is 177 cm³/mol. The standard InChI is InChI=1S/C30H30I2N2O7S/c1-6-38-24(35)15-40-27-18(12-19(31)14-21(27)32)13-23-28(36)34-26(20-10-8-9-11-22(20)41-16(3)4)25(29(37)39-7-2)17(5)33-30(34)42-23/h8-14,16,26H,6-7,15H2,1-5H3/b23-13-/t26-/m0/s1. The molecule has 2 heterocycles. The molecule has 42 heavy (non-hydrogen) atoms. The van der Waals surface area contributed by atoms with Gasteiger partial charge in [-0.1, -0.05) is 29.5 Å². The van der Waals surface area contributed by atoms with Gasteiger partial charge in [-0.15, -0.1) is 0 Å². The Labute approximate surface area is 274 Å². The molecule has 0 aliphatic carbocycles. The van der Waals surface area contributed by atoms with Crippen LogP contribution in [0.3, 0.4) is 0 Å². The minimum Gasteiger partial charge on any atom is -0.491 e. The molecule has 0 saturated carbocycles. The number of carbonyl (C=O) groups is 2. The lowest BCUT2D eigenvalue weighted by molar-refractivity contribution is -0.145. The van der Waals surface area contributed by atoms with Gasteiger partial charge in [0.15, 0.2) is 11.4 Å². The third-order valence-electron chi connectivity index (χ3n) is 6.06. The van der Waals surface area contributed by atoms with E-state index in [0.29, 0.717) is 37.7 Å². The second-order valence-corrected chi connectivity index (χ2v) is 12.8. The van der Waals surface area contributed by atoms with Crippen LogP contribution in [0.4, 0.5) is 0 Å². The molecular weight excluding hydrogens is 786 g/mol. The van der Waals surface area contributed by atoms with Gasteiger partial charge in [0.1, 0.15) is 17.5 Å². The van der Waals surface area contributed by atoms with E-state index in [2.05, 4.69) is 50.2 Å². The molecule has 3 aromatic rings. The number of thiazole rings is 1. The maximum Gasteiger partial charge on any atom is 0.344 e. The number of ether oxygens (including phenoxy) is 4. The minimum absolute atomic E-state index is 0.130. The number of para-hydroxylation sites is 1. The van der Waals surface area contributed by atoms with Crippen LogP contribution >= 0.6 is 56.5 Å². The zero-order valence-corrected chi connectivity index (χ0v) is 28.9. The van der Waals surface area contributed by atoms with E-state index in [1.54, 1.807) is 26.8 Å². The SMILES string of the molecule is CCOC(=O)COc1c(I)cc(I)cc1/C=c1\sc2n(c1=O)[C@@H](c1ccccc1OC(C)C)C(C(=O)OCC)=C(C)N=2. The van der Waals surface area contributed by atoms with Crippen LogP contribution in [0.2, 0.25) is 0 Å². The Kier molecular flexibility index (Phi) is 10.9. The highest BCUT2D eigenvalue weighted by atomic mass is 127. The molecule has 4 rings (SSSR count). The molecule has 12 heteroatoms. The minimum atomic E-state index is -0.812. The first kappa shape index (κ1) is 32.2. The normalized spacial score (nSPS) is 14.9. The van der Waals surface area contributed by atoms with Gasteiger partial charge in [-0.2, -0.15) is 0 Å². The van der Waals surface area contributed by atoms with E-state index < -0.39 is 18.0 Å². The summed E-state index contributed by atoms with van der Waals surface area (Å²) in [5.41, 5.74) is 1.69. The molecule has 0 unspecified atom stereocenters. The van der Waals surface area contributed by atoms with Gasteiger partial charge in [-0.25, -0.2) is 14.6 Å². The van der Waals surface area contributed by atoms with E-state index in [1.165, 1.54) is 15.9 Å². The Morgan fingerprint density at radius 3 is 2.52 bits per heavy atom. The van der Waals surface area contributed by atoms with E-state index in [-0.39, 0.29) is 37.1 Å². The zero-order valence-electron chi connectivity index (χ0n) is 23.7. The molecule has 0 bridgehead atoms. The summed E-state index contributed by atoms with van der Waals surface area (Å²) in [7, 11) is 0. The molecule has 222 valence electrons. The van der Waals surface area contributed by atoms with Crippen molar-refractivity contribution in [3.05, 3.63) is 85.6 Å². The molecular formula is C30H30I2N2O7S. The van der Waals surface area contributed by atoms with Gasteiger partial charge in [0.05, 0.1) is 38.7 Å². The van der Waals surface area contributed by atoms with Crippen LogP contribution < -0.4 is 24.4 Å². The molecule has 1 aliphatic rings. The fraction of sp³-hybridized carbons (Fsp3) is 0.333. The van der Waals surface area contributed by atoms with Crippen molar-refractivity contribution in [2.75, 3.05) is 19.8 Å². The van der Waals surface area contributed by atoms with Crippen LogP contribution in [-0.4, -0.2) is 42.4 Å². The average Bonchev–Trinajstić information content (AvgIpc) is 3.21. The van der Waals surface area contributed by atoms with Crippen LogP contribution in [-0.2, 0) is 19.1 Å². The number of fused-ring (bicyclic) bond motifs is 1. The van der Waals surface area contributed by atoms with Crippen LogP contribution in [0.15, 0.2) is 57.5 Å². The Morgan fingerprint density at radius 2 is 1.83 bits per heavy atom. The van der Waals surface area contributed by atoms with Gasteiger partial charge in [0, 0.05) is 14.7 Å². The molecule has 0 fully saturated rings. The number of benzene rings is 2. The molecule has 1 aromatic heterocycles. The van der Waals surface area contributed by atoms with Crippen molar-refractivity contribution in [1.29, 1.82) is 0 Å². The van der Waals surface area contributed by atoms with Gasteiger partial charge in [-0.05, 0) is 104 Å². The summed E-state index contributed by atoms with van der Waals surface area (Å²) in [5, 5.41) is 0. The first-order valence-corrected chi connectivity index (χ1v) is 16.3. The average molecular weight is 816 g/mol. The van der Waals surface area contributed by atoms with E-state index in [1.807, 2.05) is 50.2 Å². The first-order valence-electron chi connectivity index (χ1n) is 13.3. The van der Waals surface area contributed by atoms with Crippen molar-refractivity contribution in [3.63, 3.8) is 0 Å². The third-order valence-corrected chi connectivity index (χ3v) is 8.46. The van der Waals surface area contributed by atoms with Gasteiger partial charge >= 0.3 is 11.9 Å². The Hall–Kier alpha value is -2.72. The van der Waals surface area contributed by atoms with Crippen molar-refractivity contribution in [3.8, 4) is 11.5 Å². The van der Waals surface area contributed by atoms with E-state index >= 15 is 0 Å². The summed E-state index contributed by atoms with van der Waals surface area (Å²) >= 11 is 5.54. The number of rotatable bonds is 10. The number of esters is 2. The fourth-order valence-electron chi connectivity index (χ4n) is 4.47. The van der Waals surface area contributed by atoms with Crippen LogP contribution in [0.5, 0.6) is 11.5 Å². The lowest BCUT2D eigenvalue weighted by Crippen LogP contribution is -2.40. The fourth-order valence-corrected chi connectivity index (χ4v) is 7.55. The Morgan fingerprint density at radius 1 is 1.12 bits per heavy atom. The summed E-state index contributed by atoms with van der Waals surface area (Å²) in [6, 6.07) is 10.3. The van der Waals surface area contributed by atoms with Crippen molar-refractivity contribution < 1.29 is 28.5 Å². The topological polar surface area (TPSA) is 105 Å². The molecule has 1 atom stereocenters. The van der Waals surface area contributed by atoms with Crippen molar-refractivity contribution in [2.45, 2.75) is 46.8 Å². The largest absolute Gasteiger partial charge is 0.491 e. The molecule has 1 aliphatic heterocycles. The number of allylic oxidation sites excluding steroid dienone is 1. The smallest absolute Gasteiger partial charge is 0.344 e. The molecule has 0 spiro atoms. The van der Waals surface area contributed by atoms with Gasteiger partial charge in [-0.3, -0.25) is 9.36 Å². The number of aromatic nitrogens is 1. The van der Waals surface area contributed by atoms with E-state index in [0.717, 1.165) is 7.14 Å². The number of hydrogen-bond donors (Lipinski definition) is 0. The lowest BCUT2D eigenvalue weighted by atomic mass is 9.95. The van der Waals surface area contributed by atoms with Crippen molar-refractivity contribution in [1.82, 2.24) is 4.57 Å². The monoisotopic (exact) mass is 816 g/mol. The lowest BCUT2D eigenvalue weighted by Gasteiger charge is -2.26. The third kappa shape index (κ3) is 7.08. The van der Waals surface area contributed by atoms with Crippen molar-refractivity contribution in [2.24, 2.45) is 4.99 Å². The maximum atomic E-state index is 14.1. The first-order chi connectivity index (χ1) is 20.0. The predicted octanol–water partition coefficient (Wildman–Crippen LogP) is 4.74. The number of carbonyl (C=O) groups excluding carboxylic acids is 2. The molecule has 0 amide bonds. The van der Waals surface area contributed by atoms with E-state index in [4.69, 9.17) is 18.9 Å². The summed E-state index contributed by atoms with van der Waals surface area (Å²) in [5.74, 6) is -0.00320. The number of hydrogen-bond acceptors (Lipinski definition) is 9. The van der Waals surface area contributed by atoms with Crippen LogP contribution in [0.25, 0.3) is 6.08 Å².